The summed E-state index contributed by atoms with van der Waals surface area (Å²) >= 11 is 0. The number of sulfonamides is 2. The Hall–Kier alpha value is -1.47. The molecule has 0 heterocycles. The molecule has 1 rings (SSSR count). The third-order valence-corrected chi connectivity index (χ3v) is 5.19. The highest BCUT2D eigenvalue weighted by atomic mass is 32.2. The summed E-state index contributed by atoms with van der Waals surface area (Å²) in [6.45, 7) is -0.222. The molecule has 0 fully saturated rings. The second-order valence-electron chi connectivity index (χ2n) is 3.95. The van der Waals surface area contributed by atoms with E-state index in [4.69, 9.17) is 5.26 Å². The molecular weight excluding hydrogens is 302 g/mol. The van der Waals surface area contributed by atoms with Crippen molar-refractivity contribution in [1.82, 2.24) is 9.44 Å². The maximum absolute atomic E-state index is 11.8. The van der Waals surface area contributed by atoms with Gasteiger partial charge in [-0.25, -0.2) is 26.3 Å². The van der Waals surface area contributed by atoms with E-state index in [-0.39, 0.29) is 23.6 Å². The molecule has 20 heavy (non-hydrogen) atoms. The van der Waals surface area contributed by atoms with Crippen LogP contribution in [0.4, 0.5) is 0 Å². The average molecular weight is 317 g/mol. The smallest absolute Gasteiger partial charge is 0.215 e. The topological polar surface area (TPSA) is 116 Å². The van der Waals surface area contributed by atoms with Crippen molar-refractivity contribution in [2.24, 2.45) is 0 Å². The second-order valence-corrected chi connectivity index (χ2v) is 7.80. The number of nitrogens with zero attached hydrogens (tertiary/aromatic N) is 1. The normalized spacial score (nSPS) is 12.0. The first-order chi connectivity index (χ1) is 9.29. The van der Waals surface area contributed by atoms with Crippen molar-refractivity contribution >= 4 is 20.0 Å². The van der Waals surface area contributed by atoms with Gasteiger partial charge in [0.05, 0.1) is 23.1 Å². The number of hydrogen-bond acceptors (Lipinski definition) is 5. The largest absolute Gasteiger partial charge is 0.218 e. The Bertz CT molecular complexity index is 705. The molecule has 0 saturated carbocycles. The van der Waals surface area contributed by atoms with E-state index in [2.05, 4.69) is 9.44 Å². The van der Waals surface area contributed by atoms with Crippen LogP contribution in [0.15, 0.2) is 24.3 Å². The summed E-state index contributed by atoms with van der Waals surface area (Å²) in [6, 6.07) is 8.25. The number of hydrogen-bond donors (Lipinski definition) is 2. The molecule has 7 nitrogen and oxygen atoms in total. The van der Waals surface area contributed by atoms with Crippen LogP contribution in [0.3, 0.4) is 0 Å². The number of benzene rings is 1. The lowest BCUT2D eigenvalue weighted by Gasteiger charge is -2.08. The molecule has 1 aromatic rings. The van der Waals surface area contributed by atoms with E-state index in [1.807, 2.05) is 6.07 Å². The zero-order valence-electron chi connectivity index (χ0n) is 10.8. The molecule has 9 heteroatoms. The van der Waals surface area contributed by atoms with Gasteiger partial charge < -0.3 is 0 Å². The zero-order valence-corrected chi connectivity index (χ0v) is 12.5. The van der Waals surface area contributed by atoms with Crippen LogP contribution in [0, 0.1) is 11.3 Å². The minimum atomic E-state index is -3.69. The summed E-state index contributed by atoms with van der Waals surface area (Å²) in [7, 11) is -5.89. The predicted molar refractivity (Wildman–Crippen MR) is 74.6 cm³/mol. The Morgan fingerprint density at radius 3 is 2.40 bits per heavy atom. The van der Waals surface area contributed by atoms with Crippen LogP contribution in [0.2, 0.25) is 0 Å². The monoisotopic (exact) mass is 317 g/mol. The van der Waals surface area contributed by atoms with Crippen LogP contribution in [0.25, 0.3) is 0 Å². The number of rotatable bonds is 7. The number of nitriles is 1. The van der Waals surface area contributed by atoms with Gasteiger partial charge in [-0.3, -0.25) is 0 Å². The molecule has 0 amide bonds. The Morgan fingerprint density at radius 1 is 1.15 bits per heavy atom. The molecule has 0 saturated heterocycles. The Labute approximate surface area is 118 Å². The quantitative estimate of drug-likeness (QED) is 0.705. The molecule has 1 aromatic carbocycles. The summed E-state index contributed by atoms with van der Waals surface area (Å²) in [5.41, 5.74) is 0.652. The minimum absolute atomic E-state index is 0.222. The Balaban J connectivity index is 2.70. The first-order valence-electron chi connectivity index (χ1n) is 5.66. The van der Waals surface area contributed by atoms with E-state index in [1.165, 1.54) is 13.1 Å². The molecule has 2 N–H and O–H groups in total. The molecule has 110 valence electrons. The van der Waals surface area contributed by atoms with E-state index in [1.54, 1.807) is 18.2 Å². The maximum atomic E-state index is 11.8. The fourth-order valence-electron chi connectivity index (χ4n) is 1.44. The number of nitrogens with one attached hydrogen (secondary N) is 2. The molecule has 0 unspecified atom stereocenters. The van der Waals surface area contributed by atoms with Gasteiger partial charge in [0, 0.05) is 6.54 Å². The van der Waals surface area contributed by atoms with Gasteiger partial charge in [-0.15, -0.1) is 0 Å². The minimum Gasteiger partial charge on any atom is -0.218 e. The predicted octanol–water partition coefficient (Wildman–Crippen LogP) is -0.473. The SMILES string of the molecule is CNS(=O)(=O)CCNS(=O)(=O)Cc1ccccc1C#N. The fraction of sp³-hybridized carbons (Fsp3) is 0.364. The van der Waals surface area contributed by atoms with Gasteiger partial charge in [0.15, 0.2) is 0 Å². The van der Waals surface area contributed by atoms with Gasteiger partial charge in [-0.1, -0.05) is 18.2 Å². The van der Waals surface area contributed by atoms with Gasteiger partial charge in [0.2, 0.25) is 20.0 Å². The van der Waals surface area contributed by atoms with Gasteiger partial charge in [0.25, 0.3) is 0 Å². The van der Waals surface area contributed by atoms with Gasteiger partial charge in [-0.2, -0.15) is 5.26 Å². The van der Waals surface area contributed by atoms with Crippen molar-refractivity contribution in [2.45, 2.75) is 5.75 Å². The van der Waals surface area contributed by atoms with E-state index < -0.39 is 20.0 Å². The van der Waals surface area contributed by atoms with Crippen LogP contribution < -0.4 is 9.44 Å². The molecule has 0 bridgehead atoms. The molecule has 0 aliphatic carbocycles. The van der Waals surface area contributed by atoms with E-state index in [0.717, 1.165) is 0 Å². The Kier molecular flexibility index (Phi) is 5.64. The van der Waals surface area contributed by atoms with Crippen LogP contribution in [0.1, 0.15) is 11.1 Å². The highest BCUT2D eigenvalue weighted by Gasteiger charge is 2.15. The van der Waals surface area contributed by atoms with Crippen molar-refractivity contribution in [2.75, 3.05) is 19.3 Å². The van der Waals surface area contributed by atoms with Crippen molar-refractivity contribution in [3.63, 3.8) is 0 Å². The maximum Gasteiger partial charge on any atom is 0.215 e. The first-order valence-corrected chi connectivity index (χ1v) is 8.96. The van der Waals surface area contributed by atoms with Crippen LogP contribution in [-0.2, 0) is 25.8 Å². The van der Waals surface area contributed by atoms with Crippen LogP contribution in [0.5, 0.6) is 0 Å². The average Bonchev–Trinajstić information content (AvgIpc) is 2.38. The van der Waals surface area contributed by atoms with Crippen molar-refractivity contribution in [3.05, 3.63) is 35.4 Å². The standard InChI is InChI=1S/C11H15N3O4S2/c1-13-19(15,16)7-6-14-20(17,18)9-11-5-3-2-4-10(11)8-12/h2-5,13-14H,6-7,9H2,1H3. The summed E-state index contributed by atoms with van der Waals surface area (Å²) in [5.74, 6) is -0.709. The van der Waals surface area contributed by atoms with Crippen molar-refractivity contribution < 1.29 is 16.8 Å². The van der Waals surface area contributed by atoms with E-state index in [0.29, 0.717) is 5.56 Å². The summed E-state index contributed by atoms with van der Waals surface area (Å²) < 4.78 is 50.2. The second kappa shape index (κ2) is 6.81. The van der Waals surface area contributed by atoms with Gasteiger partial charge >= 0.3 is 0 Å². The molecule has 0 radical (unpaired) electrons. The van der Waals surface area contributed by atoms with E-state index >= 15 is 0 Å². The summed E-state index contributed by atoms with van der Waals surface area (Å²) in [4.78, 5) is 0. The fourth-order valence-corrected chi connectivity index (χ4v) is 3.33. The highest BCUT2D eigenvalue weighted by molar-refractivity contribution is 7.90. The van der Waals surface area contributed by atoms with Crippen molar-refractivity contribution in [1.29, 1.82) is 5.26 Å². The van der Waals surface area contributed by atoms with Crippen LogP contribution >= 0.6 is 0 Å². The molecule has 0 aromatic heterocycles. The molecule has 0 aliphatic rings. The Morgan fingerprint density at radius 2 is 1.80 bits per heavy atom. The molecule has 0 aliphatic heterocycles. The van der Waals surface area contributed by atoms with Crippen LogP contribution in [-0.4, -0.2) is 36.2 Å². The molecule has 0 atom stereocenters. The van der Waals surface area contributed by atoms with Crippen molar-refractivity contribution in [3.8, 4) is 6.07 Å². The lowest BCUT2D eigenvalue weighted by molar-refractivity contribution is 0.578. The summed E-state index contributed by atoms with van der Waals surface area (Å²) in [6.07, 6.45) is 0. The lowest BCUT2D eigenvalue weighted by atomic mass is 10.1. The molecule has 0 spiro atoms. The zero-order chi connectivity index (χ0) is 15.2. The van der Waals surface area contributed by atoms with E-state index in [9.17, 15) is 16.8 Å². The summed E-state index contributed by atoms with van der Waals surface area (Å²) in [5, 5.41) is 8.88. The van der Waals surface area contributed by atoms with Gasteiger partial charge in [-0.05, 0) is 18.7 Å². The third-order valence-electron chi connectivity index (χ3n) is 2.49. The first kappa shape index (κ1) is 16.6. The third kappa shape index (κ3) is 5.26. The van der Waals surface area contributed by atoms with Gasteiger partial charge in [0.1, 0.15) is 0 Å². The highest BCUT2D eigenvalue weighted by Crippen LogP contribution is 2.10. The lowest BCUT2D eigenvalue weighted by Crippen LogP contribution is -2.33. The molecular formula is C11H15N3O4S2.